The number of carbonyl (C=O) groups is 9. The number of rotatable bonds is 12. The summed E-state index contributed by atoms with van der Waals surface area (Å²) in [6, 6.07) is 28.6. The topological polar surface area (TPSA) is 329 Å². The molecule has 32 heteroatoms. The number of aryl methyl sites for hydroxylation is 4. The number of hydrogen-bond acceptors (Lipinski definition) is 23. The van der Waals surface area contributed by atoms with Crippen LogP contribution in [0.5, 0.6) is 0 Å². The molecule has 5 aliphatic heterocycles. The van der Waals surface area contributed by atoms with Crippen molar-refractivity contribution in [2.75, 3.05) is 139 Å². The number of nitrogens with zero attached hydrogens (tertiary/aromatic N) is 11. The number of anilines is 4. The molecule has 0 atom stereocenters. The Bertz CT molecular complexity index is 4250. The molecule has 5 aliphatic rings. The number of amides is 5. The zero-order valence-electron chi connectivity index (χ0n) is 71.6. The predicted molar refractivity (Wildman–Crippen MR) is 455 cm³/mol. The molecule has 0 aliphatic carbocycles. The van der Waals surface area contributed by atoms with Crippen LogP contribution in [-0.4, -0.2) is 231 Å². The maximum atomic E-state index is 12.3. The van der Waals surface area contributed by atoms with Gasteiger partial charge in [0.15, 0.2) is 5.78 Å². The second kappa shape index (κ2) is 48.5. The molecule has 29 nitrogen and oxygen atoms in total. The van der Waals surface area contributed by atoms with Gasteiger partial charge in [0.2, 0.25) is 5.91 Å². The average Bonchev–Trinajstić information content (AvgIpc) is 0.828. The summed E-state index contributed by atoms with van der Waals surface area (Å²) in [6.07, 6.45) is 2.31. The molecular weight excluding hydrogens is 1590 g/mol. The SMILES string of the molecule is C=CC(=O)OC.CC#N.COC(=O)CCC(=O)c1ccc(N2CCN(C(=O)OC(C)(C)C)CC2)c(C)c1.Cc1cc(-c2ccc(=O)[nH]n2)ccc1N1CCN(C(=O)OC(C)(C)C)CC1.Cc1cc(C2=NNC(=O)CC2)ccc1N1CCN(C(=O)OC(C)(C)C)CC1.Cc1cc(C=O)ccc1N1CCN(C(=O)OC(C)(C)C)CC1.[CH3-].[Cl][Cu][Cl]. The Balaban J connectivity index is 0.000000385. The van der Waals surface area contributed by atoms with Gasteiger partial charge in [0.25, 0.3) is 5.56 Å². The minimum atomic E-state index is -0.499. The number of aldehydes is 1. The van der Waals surface area contributed by atoms with Gasteiger partial charge in [-0.3, -0.25) is 24.0 Å². The molecule has 10 rings (SSSR count). The van der Waals surface area contributed by atoms with Gasteiger partial charge in [-0.1, -0.05) is 18.7 Å². The van der Waals surface area contributed by atoms with Crippen molar-refractivity contribution in [3.63, 3.8) is 0 Å². The first-order chi connectivity index (χ1) is 54.5. The van der Waals surface area contributed by atoms with Crippen LogP contribution in [0.25, 0.3) is 11.3 Å². The van der Waals surface area contributed by atoms with Crippen LogP contribution in [0.2, 0.25) is 0 Å². The number of aromatic nitrogens is 2. The van der Waals surface area contributed by atoms with Crippen LogP contribution in [0.1, 0.15) is 164 Å². The molecule has 0 bridgehead atoms. The van der Waals surface area contributed by atoms with E-state index in [0.29, 0.717) is 89.4 Å². The van der Waals surface area contributed by atoms with E-state index in [4.69, 9.17) is 24.2 Å². The van der Waals surface area contributed by atoms with Crippen molar-refractivity contribution in [3.8, 4) is 17.3 Å². The number of nitrogens with one attached hydrogen (secondary N) is 2. The van der Waals surface area contributed by atoms with E-state index in [9.17, 15) is 47.9 Å². The van der Waals surface area contributed by atoms with Gasteiger partial charge in [0, 0.05) is 182 Å². The molecule has 4 fully saturated rings. The fourth-order valence-corrected chi connectivity index (χ4v) is 12.2. The summed E-state index contributed by atoms with van der Waals surface area (Å²) in [6.45, 7) is 46.2. The molecule has 6 heterocycles. The van der Waals surface area contributed by atoms with E-state index in [0.717, 1.165) is 127 Å². The Morgan fingerprint density at radius 2 is 0.863 bits per heavy atom. The Morgan fingerprint density at radius 1 is 0.513 bits per heavy atom. The van der Waals surface area contributed by atoms with E-state index >= 15 is 0 Å². The molecule has 647 valence electrons. The van der Waals surface area contributed by atoms with Crippen molar-refractivity contribution >= 4 is 103 Å². The molecule has 0 spiro atoms. The molecule has 2 N–H and O–H groups in total. The first kappa shape index (κ1) is 101. The Morgan fingerprint density at radius 3 is 1.15 bits per heavy atom. The van der Waals surface area contributed by atoms with E-state index in [1.807, 2.05) is 133 Å². The van der Waals surface area contributed by atoms with Gasteiger partial charge in [0.1, 0.15) is 28.7 Å². The number of hydrogen-bond donors (Lipinski definition) is 2. The maximum absolute atomic E-state index is 12.3. The Hall–Kier alpha value is -10.2. The third kappa shape index (κ3) is 35.7. The molecule has 0 radical (unpaired) electrons. The van der Waals surface area contributed by atoms with Crippen LogP contribution >= 0.6 is 20.2 Å². The third-order valence-electron chi connectivity index (χ3n) is 17.7. The number of H-pyrrole nitrogens is 1. The second-order valence-corrected chi connectivity index (χ2v) is 32.9. The number of methoxy groups -OCH3 is 2. The number of nitriles is 1. The molecule has 1 aromatic heterocycles. The second-order valence-electron chi connectivity index (χ2n) is 31.4. The normalized spacial score (nSPS) is 14.7. The molecular formula is C85H120Cl2CuN13O16-. The first-order valence-corrected chi connectivity index (χ1v) is 40.7. The fraction of sp³-hybridized carbons (Fsp3) is 0.506. The van der Waals surface area contributed by atoms with Crippen molar-refractivity contribution in [3.05, 3.63) is 154 Å². The van der Waals surface area contributed by atoms with Gasteiger partial charge in [0.05, 0.1) is 38.1 Å². The van der Waals surface area contributed by atoms with Crippen LogP contribution in [0.15, 0.2) is 107 Å². The van der Waals surface area contributed by atoms with Crippen molar-refractivity contribution in [1.29, 1.82) is 5.26 Å². The number of Topliss-reactive ketones (excluding diaryl/α,β-unsaturated/α-hetero) is 1. The van der Waals surface area contributed by atoms with Gasteiger partial charge in [-0.05, 0) is 205 Å². The summed E-state index contributed by atoms with van der Waals surface area (Å²) in [7, 11) is 12.0. The summed E-state index contributed by atoms with van der Waals surface area (Å²) in [5, 5.41) is 18.0. The van der Waals surface area contributed by atoms with Gasteiger partial charge in [-0.25, -0.2) is 34.5 Å². The molecule has 0 saturated carbocycles. The molecule has 5 aromatic rings. The monoisotopic (exact) mass is 1710 g/mol. The number of aromatic amines is 1. The standard InChI is InChI=1S/C21H30N2O5.C20H28N4O3.C20H26N4O3.C17H24N2O3.C4H6O2.C2H3N.CH3.2ClH.Cu/c1-15-14-16(18(24)8-9-19(25)27-5)6-7-17(15)22-10-12-23(13-11-22)20(26)28-21(2,3)4;2*1-14-13-15(16-6-8-18(25)22-21-16)5-7-17(14)23-9-11-24(12-10-23)19(26)27-20(2,3)4;1-13-11-14(12-20)5-6-15(13)18-7-9-19(10-8-18)16(21)22-17(2,3)4;1-3-4(5)6-2;1-2-3;;;;/h6-7,14H,8-13H2,1-5H3;5,7,13H,6,8-12H2,1-4H3,(H,22,25);5-8,13H,9-12H2,1-4H3,(H,22,25);5-6,11-12H,7-10H2,1-4H3;3H,1H2,2H3;1H3;1H3;2*1H;/q;;;;;;-1;;;+2/p-2. The van der Waals surface area contributed by atoms with Crippen LogP contribution in [0.4, 0.5) is 41.9 Å². The van der Waals surface area contributed by atoms with Crippen LogP contribution in [0.3, 0.4) is 0 Å². The molecule has 4 saturated heterocycles. The Labute approximate surface area is 705 Å². The summed E-state index contributed by atoms with van der Waals surface area (Å²) in [4.78, 5) is 131. The zero-order chi connectivity index (χ0) is 86.8. The van der Waals surface area contributed by atoms with Gasteiger partial charge < -0.3 is 75.0 Å². The van der Waals surface area contributed by atoms with Crippen molar-refractivity contribution in [1.82, 2.24) is 35.2 Å². The molecule has 0 unspecified atom stereocenters. The van der Waals surface area contributed by atoms with Crippen LogP contribution in [-0.2, 0) is 55.9 Å². The molecule has 117 heavy (non-hydrogen) atoms. The van der Waals surface area contributed by atoms with E-state index in [1.54, 1.807) is 37.8 Å². The van der Waals surface area contributed by atoms with E-state index in [2.05, 4.69) is 121 Å². The number of piperazine rings is 4. The number of esters is 2. The zero-order valence-corrected chi connectivity index (χ0v) is 74.0. The van der Waals surface area contributed by atoms with Crippen molar-refractivity contribution in [2.24, 2.45) is 5.10 Å². The summed E-state index contributed by atoms with van der Waals surface area (Å²) in [5.74, 6) is -0.885. The summed E-state index contributed by atoms with van der Waals surface area (Å²) >= 11 is 0.757. The van der Waals surface area contributed by atoms with Gasteiger partial charge in [-0.15, -0.1) is 0 Å². The van der Waals surface area contributed by atoms with Crippen LogP contribution < -0.4 is 30.6 Å². The van der Waals surface area contributed by atoms with E-state index in [1.165, 1.54) is 32.9 Å². The van der Waals surface area contributed by atoms with Crippen LogP contribution in [0, 0.1) is 46.5 Å². The van der Waals surface area contributed by atoms with Gasteiger partial charge >= 0.3 is 69.6 Å². The number of hydrazone groups is 1. The van der Waals surface area contributed by atoms with E-state index < -0.39 is 28.4 Å². The van der Waals surface area contributed by atoms with Crippen molar-refractivity contribution in [2.45, 2.75) is 166 Å². The first-order valence-electron chi connectivity index (χ1n) is 38.1. The number of ketones is 1. The van der Waals surface area contributed by atoms with Crippen molar-refractivity contribution < 1.29 is 84.7 Å². The third-order valence-corrected chi connectivity index (χ3v) is 17.7. The Kier molecular flexibility index (Phi) is 41.8. The molecule has 5 amide bonds. The van der Waals surface area contributed by atoms with E-state index in [-0.39, 0.29) is 67.9 Å². The fourth-order valence-electron chi connectivity index (χ4n) is 12.2. The quantitative estimate of drug-likeness (QED) is 0.0223. The number of ether oxygens (including phenoxy) is 6. The van der Waals surface area contributed by atoms with Gasteiger partial charge in [-0.2, -0.15) is 15.5 Å². The number of benzene rings is 4. The summed E-state index contributed by atoms with van der Waals surface area (Å²) < 4.78 is 30.5. The summed E-state index contributed by atoms with van der Waals surface area (Å²) in [5.41, 5.74) is 14.2. The number of carbonyl (C=O) groups excluding carboxylic acids is 9. The predicted octanol–water partition coefficient (Wildman–Crippen LogP) is 14.2. The average molecular weight is 1710 g/mol. The molecule has 4 aromatic carbocycles. The minimum absolute atomic E-state index is 0. The number of halogens is 2.